The first kappa shape index (κ1) is 13.2. The Kier molecular flexibility index (Phi) is 4.11. The Hall–Kier alpha value is -1.23. The summed E-state index contributed by atoms with van der Waals surface area (Å²) in [6.45, 7) is 1.69. The van der Waals surface area contributed by atoms with Crippen LogP contribution >= 0.6 is 12.6 Å². The van der Waals surface area contributed by atoms with E-state index in [-0.39, 0.29) is 5.56 Å². The Morgan fingerprint density at radius 2 is 2.00 bits per heavy atom. The maximum absolute atomic E-state index is 13.1. The maximum atomic E-state index is 13.1. The van der Waals surface area contributed by atoms with Gasteiger partial charge in [0.25, 0.3) is 6.43 Å². The zero-order chi connectivity index (χ0) is 13.1. The zero-order valence-corrected chi connectivity index (χ0v) is 10.8. The van der Waals surface area contributed by atoms with Crippen molar-refractivity contribution in [2.45, 2.75) is 19.3 Å². The number of rotatable bonds is 3. The Morgan fingerprint density at radius 1 is 1.33 bits per heavy atom. The standard InChI is InChI=1S/C13H16F2N2S/c14-13(15)10-7-9(11(16)8-18)3-4-12(10)17-5-1-2-6-17/h3-4,7-8,13,18H,1-2,5-6,16H2/b11-8-. The van der Waals surface area contributed by atoms with Crippen LogP contribution in [0, 0.1) is 0 Å². The molecule has 0 bridgehead atoms. The van der Waals surface area contributed by atoms with Gasteiger partial charge in [0.2, 0.25) is 0 Å². The van der Waals surface area contributed by atoms with Gasteiger partial charge in [0.1, 0.15) is 0 Å². The van der Waals surface area contributed by atoms with Crippen molar-refractivity contribution in [1.82, 2.24) is 0 Å². The largest absolute Gasteiger partial charge is 0.398 e. The second-order valence-electron chi connectivity index (χ2n) is 4.35. The average Bonchev–Trinajstić information content (AvgIpc) is 2.90. The number of benzene rings is 1. The Labute approximate surface area is 111 Å². The molecule has 0 amide bonds. The fraction of sp³-hybridized carbons (Fsp3) is 0.385. The molecule has 1 saturated heterocycles. The van der Waals surface area contributed by atoms with Crippen LogP contribution in [-0.2, 0) is 0 Å². The lowest BCUT2D eigenvalue weighted by molar-refractivity contribution is 0.152. The van der Waals surface area contributed by atoms with Gasteiger partial charge in [0.15, 0.2) is 0 Å². The number of hydrogen-bond donors (Lipinski definition) is 2. The Balaban J connectivity index is 2.41. The summed E-state index contributed by atoms with van der Waals surface area (Å²) in [5.74, 6) is 0. The maximum Gasteiger partial charge on any atom is 0.265 e. The van der Waals surface area contributed by atoms with Gasteiger partial charge in [0, 0.05) is 30.0 Å². The second kappa shape index (κ2) is 5.61. The van der Waals surface area contributed by atoms with Gasteiger partial charge in [-0.2, -0.15) is 0 Å². The fourth-order valence-electron chi connectivity index (χ4n) is 2.23. The van der Waals surface area contributed by atoms with Crippen molar-refractivity contribution in [3.63, 3.8) is 0 Å². The van der Waals surface area contributed by atoms with Crippen molar-refractivity contribution in [3.05, 3.63) is 34.7 Å². The number of hydrogen-bond acceptors (Lipinski definition) is 3. The van der Waals surface area contributed by atoms with Gasteiger partial charge in [-0.1, -0.05) is 6.07 Å². The molecule has 0 aliphatic carbocycles. The second-order valence-corrected chi connectivity index (χ2v) is 4.61. The number of anilines is 1. The topological polar surface area (TPSA) is 29.3 Å². The van der Waals surface area contributed by atoms with Crippen molar-refractivity contribution >= 4 is 24.0 Å². The highest BCUT2D eigenvalue weighted by Crippen LogP contribution is 2.33. The van der Waals surface area contributed by atoms with Crippen LogP contribution in [0.15, 0.2) is 23.6 Å². The van der Waals surface area contributed by atoms with Crippen LogP contribution in [0.25, 0.3) is 5.70 Å². The van der Waals surface area contributed by atoms with E-state index in [1.54, 1.807) is 12.1 Å². The van der Waals surface area contributed by atoms with Crippen LogP contribution < -0.4 is 10.6 Å². The van der Waals surface area contributed by atoms with E-state index >= 15 is 0 Å². The average molecular weight is 270 g/mol. The molecule has 1 aromatic carbocycles. The smallest absolute Gasteiger partial charge is 0.265 e. The van der Waals surface area contributed by atoms with Gasteiger partial charge >= 0.3 is 0 Å². The van der Waals surface area contributed by atoms with Crippen molar-refractivity contribution in [1.29, 1.82) is 0 Å². The van der Waals surface area contributed by atoms with Gasteiger partial charge in [0.05, 0.1) is 0 Å². The predicted octanol–water partition coefficient (Wildman–Crippen LogP) is 3.41. The highest BCUT2D eigenvalue weighted by atomic mass is 32.1. The van der Waals surface area contributed by atoms with Gasteiger partial charge < -0.3 is 10.6 Å². The fourth-order valence-corrected chi connectivity index (χ4v) is 2.38. The molecule has 2 rings (SSSR count). The summed E-state index contributed by atoms with van der Waals surface area (Å²) in [5.41, 5.74) is 7.35. The number of halogens is 2. The molecule has 2 N–H and O–H groups in total. The lowest BCUT2D eigenvalue weighted by Crippen LogP contribution is -2.19. The van der Waals surface area contributed by atoms with Crippen molar-refractivity contribution in [2.75, 3.05) is 18.0 Å². The molecule has 98 valence electrons. The minimum absolute atomic E-state index is 0.0486. The molecule has 18 heavy (non-hydrogen) atoms. The van der Waals surface area contributed by atoms with E-state index in [0.717, 1.165) is 25.9 Å². The van der Waals surface area contributed by atoms with E-state index in [2.05, 4.69) is 12.6 Å². The minimum atomic E-state index is -2.49. The summed E-state index contributed by atoms with van der Waals surface area (Å²) in [4.78, 5) is 2.01. The van der Waals surface area contributed by atoms with Gasteiger partial charge in [-0.15, -0.1) is 12.6 Å². The number of nitrogens with zero attached hydrogens (tertiary/aromatic N) is 1. The van der Waals surface area contributed by atoms with Gasteiger partial charge in [-0.05, 0) is 35.9 Å². The van der Waals surface area contributed by atoms with E-state index in [0.29, 0.717) is 16.9 Å². The summed E-state index contributed by atoms with van der Waals surface area (Å²) in [7, 11) is 0. The van der Waals surface area contributed by atoms with E-state index in [9.17, 15) is 8.78 Å². The van der Waals surface area contributed by atoms with Crippen LogP contribution in [0.5, 0.6) is 0 Å². The highest BCUT2D eigenvalue weighted by Gasteiger charge is 2.21. The van der Waals surface area contributed by atoms with Crippen molar-refractivity contribution in [2.24, 2.45) is 5.73 Å². The first-order valence-corrected chi connectivity index (χ1v) is 6.42. The number of thiol groups is 1. The van der Waals surface area contributed by atoms with Crippen LogP contribution in [0.2, 0.25) is 0 Å². The third-order valence-electron chi connectivity index (χ3n) is 3.18. The Bertz CT molecular complexity index is 454. The molecule has 0 spiro atoms. The minimum Gasteiger partial charge on any atom is -0.398 e. The molecular formula is C13H16F2N2S. The summed E-state index contributed by atoms with van der Waals surface area (Å²) in [6, 6.07) is 4.95. The first-order chi connectivity index (χ1) is 8.63. The molecule has 1 aromatic rings. The van der Waals surface area contributed by atoms with Gasteiger partial charge in [-0.25, -0.2) is 8.78 Å². The van der Waals surface area contributed by atoms with Crippen LogP contribution in [-0.4, -0.2) is 13.1 Å². The van der Waals surface area contributed by atoms with Crippen LogP contribution in [0.4, 0.5) is 14.5 Å². The first-order valence-electron chi connectivity index (χ1n) is 5.90. The van der Waals surface area contributed by atoms with E-state index in [1.807, 2.05) is 4.90 Å². The number of alkyl halides is 2. The van der Waals surface area contributed by atoms with Gasteiger partial charge in [-0.3, -0.25) is 0 Å². The van der Waals surface area contributed by atoms with E-state index < -0.39 is 6.43 Å². The lowest BCUT2D eigenvalue weighted by atomic mass is 10.1. The molecule has 5 heteroatoms. The normalized spacial score (nSPS) is 16.7. The van der Waals surface area contributed by atoms with Crippen molar-refractivity contribution < 1.29 is 8.78 Å². The monoisotopic (exact) mass is 270 g/mol. The van der Waals surface area contributed by atoms with Crippen LogP contribution in [0.1, 0.15) is 30.4 Å². The van der Waals surface area contributed by atoms with E-state index in [4.69, 9.17) is 5.73 Å². The molecule has 0 atom stereocenters. The molecule has 0 unspecified atom stereocenters. The van der Waals surface area contributed by atoms with E-state index in [1.165, 1.54) is 11.5 Å². The molecule has 0 saturated carbocycles. The molecular weight excluding hydrogens is 254 g/mol. The molecule has 0 aromatic heterocycles. The number of nitrogens with two attached hydrogens (primary N) is 1. The molecule has 0 radical (unpaired) electrons. The highest BCUT2D eigenvalue weighted by molar-refractivity contribution is 7.83. The molecule has 1 fully saturated rings. The Morgan fingerprint density at radius 3 is 2.56 bits per heavy atom. The van der Waals surface area contributed by atoms with Crippen LogP contribution in [0.3, 0.4) is 0 Å². The third kappa shape index (κ3) is 2.61. The van der Waals surface area contributed by atoms with Crippen molar-refractivity contribution in [3.8, 4) is 0 Å². The predicted molar refractivity (Wildman–Crippen MR) is 74.0 cm³/mol. The SMILES string of the molecule is N/C(=C\S)c1ccc(N2CCCC2)c(C(F)F)c1. The molecule has 1 heterocycles. The quantitative estimate of drug-likeness (QED) is 0.824. The molecule has 1 aliphatic heterocycles. The summed E-state index contributed by atoms with van der Waals surface area (Å²) in [6.07, 6.45) is -0.375. The summed E-state index contributed by atoms with van der Waals surface area (Å²) >= 11 is 3.94. The zero-order valence-electron chi connectivity index (χ0n) is 9.94. The summed E-state index contributed by atoms with van der Waals surface area (Å²) < 4.78 is 26.2. The lowest BCUT2D eigenvalue weighted by Gasteiger charge is -2.22. The molecule has 1 aliphatic rings. The summed E-state index contributed by atoms with van der Waals surface area (Å²) in [5, 5.41) is 1.42. The third-order valence-corrected chi connectivity index (χ3v) is 3.46. The molecule has 2 nitrogen and oxygen atoms in total.